The van der Waals surface area contributed by atoms with E-state index in [4.69, 9.17) is 0 Å². The summed E-state index contributed by atoms with van der Waals surface area (Å²) in [5, 5.41) is 14.1. The number of nitrogens with zero attached hydrogens (tertiary/aromatic N) is 4. The molecule has 13 heteroatoms. The van der Waals surface area contributed by atoms with Crippen LogP contribution in [0.25, 0.3) is 11.4 Å². The van der Waals surface area contributed by atoms with Gasteiger partial charge in [0.1, 0.15) is 12.3 Å². The average Bonchev–Trinajstić information content (AvgIpc) is 3.10. The minimum Gasteiger partial charge on any atom is -0.406 e. The number of sulfone groups is 1. The summed E-state index contributed by atoms with van der Waals surface area (Å²) in [7, 11) is -3.33. The van der Waals surface area contributed by atoms with Gasteiger partial charge in [0.15, 0.2) is 9.84 Å². The van der Waals surface area contributed by atoms with Crippen LogP contribution in [-0.4, -0.2) is 47.2 Å². The van der Waals surface area contributed by atoms with Crippen LogP contribution in [0.5, 0.6) is 5.75 Å². The summed E-state index contributed by atoms with van der Waals surface area (Å²) < 4.78 is 63.2. The fourth-order valence-electron chi connectivity index (χ4n) is 2.35. The van der Waals surface area contributed by atoms with Crippen LogP contribution < -0.4 is 10.1 Å². The number of rotatable bonds is 6. The van der Waals surface area contributed by atoms with Gasteiger partial charge < -0.3 is 10.1 Å². The molecule has 158 valence electrons. The van der Waals surface area contributed by atoms with Gasteiger partial charge in [-0.15, -0.1) is 23.4 Å². The SMILES string of the molecule is CS(=O)(=O)c1ccc(-c2nnn(CC(=O)Nc3ccc(OC(F)(F)F)cc3)n2)cc1. The summed E-state index contributed by atoms with van der Waals surface area (Å²) in [6.45, 7) is -0.296. The van der Waals surface area contributed by atoms with E-state index in [1.807, 2.05) is 0 Å². The molecule has 0 bridgehead atoms. The van der Waals surface area contributed by atoms with Crippen molar-refractivity contribution in [3.8, 4) is 17.1 Å². The lowest BCUT2D eigenvalue weighted by Gasteiger charge is -2.09. The number of amides is 1. The zero-order valence-electron chi connectivity index (χ0n) is 15.3. The summed E-state index contributed by atoms with van der Waals surface area (Å²) in [4.78, 5) is 13.2. The zero-order chi connectivity index (χ0) is 21.9. The van der Waals surface area contributed by atoms with Gasteiger partial charge in [-0.3, -0.25) is 4.79 Å². The number of hydrogen-bond donors (Lipinski definition) is 1. The van der Waals surface area contributed by atoms with Crippen molar-refractivity contribution in [3.05, 3.63) is 48.5 Å². The highest BCUT2D eigenvalue weighted by atomic mass is 32.2. The maximum Gasteiger partial charge on any atom is 0.573 e. The first-order valence-corrected chi connectivity index (χ1v) is 10.1. The van der Waals surface area contributed by atoms with Gasteiger partial charge in [0.2, 0.25) is 11.7 Å². The first kappa shape index (κ1) is 21.2. The van der Waals surface area contributed by atoms with Crippen molar-refractivity contribution in [2.75, 3.05) is 11.6 Å². The molecule has 1 aromatic heterocycles. The maximum atomic E-state index is 12.1. The zero-order valence-corrected chi connectivity index (χ0v) is 16.1. The Kier molecular flexibility index (Phi) is 5.73. The molecule has 0 spiro atoms. The van der Waals surface area contributed by atoms with E-state index in [1.54, 1.807) is 0 Å². The van der Waals surface area contributed by atoms with Gasteiger partial charge in [-0.2, -0.15) is 4.80 Å². The van der Waals surface area contributed by atoms with Crippen molar-refractivity contribution in [2.24, 2.45) is 0 Å². The molecule has 0 saturated carbocycles. The van der Waals surface area contributed by atoms with E-state index in [2.05, 4.69) is 25.5 Å². The Morgan fingerprint density at radius 3 is 2.30 bits per heavy atom. The van der Waals surface area contributed by atoms with E-state index in [-0.39, 0.29) is 23.0 Å². The summed E-state index contributed by atoms with van der Waals surface area (Å²) in [5.41, 5.74) is 0.764. The molecule has 9 nitrogen and oxygen atoms in total. The second-order valence-corrected chi connectivity index (χ2v) is 8.08. The molecule has 1 amide bonds. The topological polar surface area (TPSA) is 116 Å². The first-order valence-electron chi connectivity index (χ1n) is 8.23. The number of carbonyl (C=O) groups is 1. The van der Waals surface area contributed by atoms with Crippen LogP contribution in [0.1, 0.15) is 0 Å². The minimum absolute atomic E-state index is 0.143. The lowest BCUT2D eigenvalue weighted by atomic mass is 10.2. The van der Waals surface area contributed by atoms with E-state index in [0.717, 1.165) is 23.2 Å². The van der Waals surface area contributed by atoms with E-state index in [0.29, 0.717) is 5.56 Å². The molecule has 3 rings (SSSR count). The number of aromatic nitrogens is 4. The molecule has 0 fully saturated rings. The molecule has 0 aliphatic rings. The second kappa shape index (κ2) is 8.10. The van der Waals surface area contributed by atoms with Gasteiger partial charge >= 0.3 is 6.36 Å². The number of anilines is 1. The molecule has 3 aromatic rings. The lowest BCUT2D eigenvalue weighted by molar-refractivity contribution is -0.274. The first-order chi connectivity index (χ1) is 14.0. The molecule has 0 atom stereocenters. The molecule has 2 aromatic carbocycles. The van der Waals surface area contributed by atoms with Crippen LogP contribution in [0, 0.1) is 0 Å². The highest BCUT2D eigenvalue weighted by molar-refractivity contribution is 7.90. The Balaban J connectivity index is 1.61. The molecule has 0 aliphatic carbocycles. The monoisotopic (exact) mass is 441 g/mol. The van der Waals surface area contributed by atoms with Crippen LogP contribution >= 0.6 is 0 Å². The summed E-state index contributed by atoms with van der Waals surface area (Å²) in [6.07, 6.45) is -3.71. The molecule has 0 saturated heterocycles. The Bertz CT molecular complexity index is 1140. The van der Waals surface area contributed by atoms with Crippen LogP contribution in [0.15, 0.2) is 53.4 Å². The van der Waals surface area contributed by atoms with Crippen molar-refractivity contribution in [2.45, 2.75) is 17.8 Å². The van der Waals surface area contributed by atoms with Gasteiger partial charge in [0, 0.05) is 17.5 Å². The summed E-state index contributed by atoms with van der Waals surface area (Å²) >= 11 is 0. The highest BCUT2D eigenvalue weighted by Gasteiger charge is 2.30. The Morgan fingerprint density at radius 1 is 1.10 bits per heavy atom. The fraction of sp³-hybridized carbons (Fsp3) is 0.176. The highest BCUT2D eigenvalue weighted by Crippen LogP contribution is 2.24. The lowest BCUT2D eigenvalue weighted by Crippen LogP contribution is -2.20. The number of carbonyl (C=O) groups excluding carboxylic acids is 1. The second-order valence-electron chi connectivity index (χ2n) is 6.06. The number of alkyl halides is 3. The number of benzene rings is 2. The van der Waals surface area contributed by atoms with Crippen molar-refractivity contribution >= 4 is 21.4 Å². The third-order valence-electron chi connectivity index (χ3n) is 3.65. The third-order valence-corrected chi connectivity index (χ3v) is 4.78. The predicted octanol–water partition coefficient (Wildman–Crippen LogP) is 2.28. The molecule has 30 heavy (non-hydrogen) atoms. The van der Waals surface area contributed by atoms with Gasteiger partial charge in [-0.05, 0) is 53.7 Å². The van der Waals surface area contributed by atoms with E-state index in [9.17, 15) is 26.4 Å². The van der Waals surface area contributed by atoms with Crippen LogP contribution in [0.3, 0.4) is 0 Å². The predicted molar refractivity (Wildman–Crippen MR) is 98.1 cm³/mol. The number of nitrogens with one attached hydrogen (secondary N) is 1. The Labute approximate surface area is 168 Å². The van der Waals surface area contributed by atoms with Gasteiger partial charge in [-0.1, -0.05) is 0 Å². The normalized spacial score (nSPS) is 11.9. The van der Waals surface area contributed by atoms with Gasteiger partial charge in [0.25, 0.3) is 0 Å². The smallest absolute Gasteiger partial charge is 0.406 e. The molecular formula is C17H14F3N5O4S. The van der Waals surface area contributed by atoms with E-state index >= 15 is 0 Å². The van der Waals surface area contributed by atoms with Crippen LogP contribution in [0.4, 0.5) is 18.9 Å². The Morgan fingerprint density at radius 2 is 1.73 bits per heavy atom. The van der Waals surface area contributed by atoms with E-state index in [1.165, 1.54) is 36.4 Å². The molecule has 0 unspecified atom stereocenters. The van der Waals surface area contributed by atoms with Crippen molar-refractivity contribution < 1.29 is 31.1 Å². The standard InChI is InChI=1S/C17H14F3N5O4S/c1-30(27,28)14-8-2-11(3-9-14)16-22-24-25(23-16)10-15(26)21-12-4-6-13(7-5-12)29-17(18,19)20/h2-9H,10H2,1H3,(H,21,26). The minimum atomic E-state index is -4.80. The quantitative estimate of drug-likeness (QED) is 0.624. The molecule has 0 aliphatic heterocycles. The van der Waals surface area contributed by atoms with E-state index < -0.39 is 27.9 Å². The number of tetrazole rings is 1. The van der Waals surface area contributed by atoms with Crippen LogP contribution in [-0.2, 0) is 21.2 Å². The Hall–Kier alpha value is -3.48. The molecule has 0 radical (unpaired) electrons. The number of ether oxygens (including phenoxy) is 1. The number of halogens is 3. The third kappa shape index (κ3) is 5.76. The molecular weight excluding hydrogens is 427 g/mol. The van der Waals surface area contributed by atoms with Crippen molar-refractivity contribution in [3.63, 3.8) is 0 Å². The van der Waals surface area contributed by atoms with Crippen molar-refractivity contribution in [1.82, 2.24) is 20.2 Å². The fourth-order valence-corrected chi connectivity index (χ4v) is 2.98. The van der Waals surface area contributed by atoms with Crippen LogP contribution in [0.2, 0.25) is 0 Å². The largest absolute Gasteiger partial charge is 0.573 e. The molecule has 1 N–H and O–H groups in total. The summed E-state index contributed by atoms with van der Waals surface area (Å²) in [5.74, 6) is -0.752. The maximum absolute atomic E-state index is 12.1. The molecule has 1 heterocycles. The van der Waals surface area contributed by atoms with Crippen molar-refractivity contribution in [1.29, 1.82) is 0 Å². The number of hydrogen-bond acceptors (Lipinski definition) is 7. The van der Waals surface area contributed by atoms with Gasteiger partial charge in [-0.25, -0.2) is 8.42 Å². The average molecular weight is 441 g/mol. The summed E-state index contributed by atoms with van der Waals surface area (Å²) in [6, 6.07) is 10.5. The van der Waals surface area contributed by atoms with Gasteiger partial charge in [0.05, 0.1) is 4.90 Å².